The fourth-order valence-corrected chi connectivity index (χ4v) is 2.17. The molecule has 3 amide bonds. The number of nitrogens with zero attached hydrogens (tertiary/aromatic N) is 3. The standard InChI is InChI=1S/C13H10N4O3/c18-6-9-4-10(3-8-5-14-7-15-12(8)9)17-2-1-11(19)16-13(17)20/h3-7H,1-2H2,(H,16,19,20). The van der Waals surface area contributed by atoms with Gasteiger partial charge in [-0.25, -0.2) is 14.8 Å². The van der Waals surface area contributed by atoms with E-state index in [-0.39, 0.29) is 18.9 Å². The van der Waals surface area contributed by atoms with Gasteiger partial charge in [-0.3, -0.25) is 19.8 Å². The molecule has 1 saturated heterocycles. The minimum Gasteiger partial charge on any atom is -0.298 e. The molecule has 1 aromatic heterocycles. The Bertz CT molecular complexity index is 729. The number of amides is 3. The first-order valence-electron chi connectivity index (χ1n) is 5.99. The van der Waals surface area contributed by atoms with Crippen LogP contribution in [0.5, 0.6) is 0 Å². The van der Waals surface area contributed by atoms with Crippen LogP contribution in [0.2, 0.25) is 0 Å². The molecule has 0 radical (unpaired) electrons. The van der Waals surface area contributed by atoms with Crippen LogP contribution >= 0.6 is 0 Å². The summed E-state index contributed by atoms with van der Waals surface area (Å²) in [5.41, 5.74) is 1.45. The average molecular weight is 270 g/mol. The van der Waals surface area contributed by atoms with Crippen LogP contribution in [0.15, 0.2) is 24.7 Å². The molecule has 1 N–H and O–H groups in total. The Balaban J connectivity index is 2.10. The normalized spacial score (nSPS) is 15.3. The van der Waals surface area contributed by atoms with E-state index in [1.54, 1.807) is 18.3 Å². The Morgan fingerprint density at radius 3 is 2.90 bits per heavy atom. The Morgan fingerprint density at radius 1 is 1.30 bits per heavy atom. The van der Waals surface area contributed by atoms with Crippen LogP contribution in [0.4, 0.5) is 10.5 Å². The first-order valence-corrected chi connectivity index (χ1v) is 5.99. The number of anilines is 1. The number of imide groups is 1. The van der Waals surface area contributed by atoms with Crippen LogP contribution in [-0.4, -0.2) is 34.7 Å². The fraction of sp³-hybridized carbons (Fsp3) is 0.154. The molecule has 2 heterocycles. The molecular weight excluding hydrogens is 260 g/mol. The van der Waals surface area contributed by atoms with Gasteiger partial charge in [0.1, 0.15) is 6.33 Å². The third kappa shape index (κ3) is 1.99. The minimum absolute atomic E-state index is 0.228. The van der Waals surface area contributed by atoms with Gasteiger partial charge in [-0.2, -0.15) is 0 Å². The Hall–Kier alpha value is -2.83. The first kappa shape index (κ1) is 12.2. The molecule has 1 aliphatic heterocycles. The molecule has 0 unspecified atom stereocenters. The Kier molecular flexibility index (Phi) is 2.86. The highest BCUT2D eigenvalue weighted by Gasteiger charge is 2.24. The molecule has 100 valence electrons. The van der Waals surface area contributed by atoms with Gasteiger partial charge in [0.15, 0.2) is 6.29 Å². The Morgan fingerprint density at radius 2 is 2.15 bits per heavy atom. The predicted octanol–water partition coefficient (Wildman–Crippen LogP) is 0.889. The zero-order valence-electron chi connectivity index (χ0n) is 10.4. The van der Waals surface area contributed by atoms with Gasteiger partial charge in [-0.15, -0.1) is 0 Å². The number of urea groups is 1. The first-order chi connectivity index (χ1) is 9.69. The largest absolute Gasteiger partial charge is 0.328 e. The maximum Gasteiger partial charge on any atom is 0.328 e. The minimum atomic E-state index is -0.491. The van der Waals surface area contributed by atoms with E-state index >= 15 is 0 Å². The second-order valence-corrected chi connectivity index (χ2v) is 4.37. The van der Waals surface area contributed by atoms with E-state index in [0.717, 1.165) is 0 Å². The molecule has 1 fully saturated rings. The van der Waals surface area contributed by atoms with Gasteiger partial charge in [0.2, 0.25) is 5.91 Å². The van der Waals surface area contributed by atoms with Crippen molar-refractivity contribution in [2.45, 2.75) is 6.42 Å². The third-order valence-electron chi connectivity index (χ3n) is 3.11. The highest BCUT2D eigenvalue weighted by molar-refractivity contribution is 6.07. The Labute approximate surface area is 113 Å². The van der Waals surface area contributed by atoms with Crippen LogP contribution in [0, 0.1) is 0 Å². The zero-order chi connectivity index (χ0) is 14.1. The summed E-state index contributed by atoms with van der Waals surface area (Å²) in [6, 6.07) is 2.81. The molecule has 3 rings (SSSR count). The number of carbonyl (C=O) groups is 3. The van der Waals surface area contributed by atoms with Crippen molar-refractivity contribution in [3.05, 3.63) is 30.2 Å². The molecule has 20 heavy (non-hydrogen) atoms. The molecule has 0 saturated carbocycles. The summed E-state index contributed by atoms with van der Waals surface area (Å²) < 4.78 is 0. The van der Waals surface area contributed by atoms with Gasteiger partial charge in [-0.1, -0.05) is 0 Å². The molecule has 0 bridgehead atoms. The summed E-state index contributed by atoms with van der Waals surface area (Å²) in [7, 11) is 0. The summed E-state index contributed by atoms with van der Waals surface area (Å²) in [4.78, 5) is 43.5. The molecule has 1 aliphatic rings. The number of aromatic nitrogens is 2. The van der Waals surface area contributed by atoms with E-state index in [2.05, 4.69) is 15.3 Å². The maximum atomic E-state index is 11.8. The van der Waals surface area contributed by atoms with E-state index < -0.39 is 6.03 Å². The number of aldehydes is 1. The van der Waals surface area contributed by atoms with Crippen molar-refractivity contribution >= 4 is 34.8 Å². The SMILES string of the molecule is O=Cc1cc(N2CCC(=O)NC2=O)cc2cncnc12. The van der Waals surface area contributed by atoms with Crippen LogP contribution < -0.4 is 10.2 Å². The van der Waals surface area contributed by atoms with Crippen molar-refractivity contribution in [2.24, 2.45) is 0 Å². The van der Waals surface area contributed by atoms with Crippen molar-refractivity contribution in [1.82, 2.24) is 15.3 Å². The highest BCUT2D eigenvalue weighted by Crippen LogP contribution is 2.24. The van der Waals surface area contributed by atoms with E-state index in [4.69, 9.17) is 0 Å². The van der Waals surface area contributed by atoms with Gasteiger partial charge < -0.3 is 0 Å². The number of nitrogens with one attached hydrogen (secondary N) is 1. The number of hydrogen-bond acceptors (Lipinski definition) is 5. The van der Waals surface area contributed by atoms with Crippen molar-refractivity contribution < 1.29 is 14.4 Å². The summed E-state index contributed by atoms with van der Waals surface area (Å²) in [5, 5.41) is 2.91. The number of carbonyl (C=O) groups excluding carboxylic acids is 3. The quantitative estimate of drug-likeness (QED) is 0.818. The molecule has 2 aromatic rings. The molecule has 1 aromatic carbocycles. The lowest BCUT2D eigenvalue weighted by Crippen LogP contribution is -2.49. The summed E-state index contributed by atoms with van der Waals surface area (Å²) in [5.74, 6) is -0.300. The highest BCUT2D eigenvalue weighted by atomic mass is 16.2. The van der Waals surface area contributed by atoms with E-state index in [9.17, 15) is 14.4 Å². The molecular formula is C13H10N4O3. The summed E-state index contributed by atoms with van der Waals surface area (Å²) in [6.07, 6.45) is 3.85. The number of benzene rings is 1. The molecule has 0 spiro atoms. The second kappa shape index (κ2) is 4.69. The van der Waals surface area contributed by atoms with Crippen LogP contribution in [0.25, 0.3) is 10.9 Å². The van der Waals surface area contributed by atoms with Gasteiger partial charge in [0, 0.05) is 35.8 Å². The second-order valence-electron chi connectivity index (χ2n) is 4.37. The predicted molar refractivity (Wildman–Crippen MR) is 70.4 cm³/mol. The van der Waals surface area contributed by atoms with Gasteiger partial charge in [0.05, 0.1) is 5.52 Å². The number of fused-ring (bicyclic) bond motifs is 1. The lowest BCUT2D eigenvalue weighted by atomic mass is 10.1. The van der Waals surface area contributed by atoms with Crippen LogP contribution in [0.1, 0.15) is 16.8 Å². The van der Waals surface area contributed by atoms with Crippen molar-refractivity contribution in [2.75, 3.05) is 11.4 Å². The lowest BCUT2D eigenvalue weighted by Gasteiger charge is -2.26. The zero-order valence-corrected chi connectivity index (χ0v) is 10.4. The molecule has 0 aliphatic carbocycles. The fourth-order valence-electron chi connectivity index (χ4n) is 2.17. The van der Waals surface area contributed by atoms with E-state index in [0.29, 0.717) is 28.4 Å². The molecule has 0 atom stereocenters. The van der Waals surface area contributed by atoms with Crippen molar-refractivity contribution in [3.8, 4) is 0 Å². The number of hydrogen-bond donors (Lipinski definition) is 1. The monoisotopic (exact) mass is 270 g/mol. The van der Waals surface area contributed by atoms with E-state index in [1.165, 1.54) is 11.2 Å². The smallest absolute Gasteiger partial charge is 0.298 e. The van der Waals surface area contributed by atoms with Gasteiger partial charge >= 0.3 is 6.03 Å². The topological polar surface area (TPSA) is 92.3 Å². The van der Waals surface area contributed by atoms with Crippen molar-refractivity contribution in [1.29, 1.82) is 0 Å². The summed E-state index contributed by atoms with van der Waals surface area (Å²) >= 11 is 0. The lowest BCUT2D eigenvalue weighted by molar-refractivity contribution is -0.120. The average Bonchev–Trinajstić information content (AvgIpc) is 2.46. The van der Waals surface area contributed by atoms with Crippen LogP contribution in [-0.2, 0) is 4.79 Å². The van der Waals surface area contributed by atoms with E-state index in [1.807, 2.05) is 0 Å². The van der Waals surface area contributed by atoms with Gasteiger partial charge in [-0.05, 0) is 12.1 Å². The van der Waals surface area contributed by atoms with Gasteiger partial charge in [0.25, 0.3) is 0 Å². The summed E-state index contributed by atoms with van der Waals surface area (Å²) in [6.45, 7) is 0.280. The third-order valence-corrected chi connectivity index (χ3v) is 3.11. The number of rotatable bonds is 2. The maximum absolute atomic E-state index is 11.8. The molecule has 7 heteroatoms. The van der Waals surface area contributed by atoms with Crippen LogP contribution in [0.3, 0.4) is 0 Å². The van der Waals surface area contributed by atoms with Crippen molar-refractivity contribution in [3.63, 3.8) is 0 Å². The molecule has 7 nitrogen and oxygen atoms in total.